The molecule has 1 saturated heterocycles. The largest absolute Gasteiger partial charge is 0.372 e. The van der Waals surface area contributed by atoms with Gasteiger partial charge in [0.05, 0.1) is 17.9 Å². The Hall–Kier alpha value is -1.11. The minimum atomic E-state index is -0.270. The first-order valence-corrected chi connectivity index (χ1v) is 8.01. The fourth-order valence-corrected chi connectivity index (χ4v) is 3.79. The molecule has 0 radical (unpaired) electrons. The van der Waals surface area contributed by atoms with Crippen LogP contribution < -0.4 is 15.5 Å². The summed E-state index contributed by atoms with van der Waals surface area (Å²) >= 11 is 3.65. The molecule has 2 aliphatic heterocycles. The lowest BCUT2D eigenvalue weighted by atomic mass is 10.1. The molecule has 6 heteroatoms. The fraction of sp³-hybridized carbons (Fsp3) is 0.533. The zero-order valence-corrected chi connectivity index (χ0v) is 14.0. The van der Waals surface area contributed by atoms with Gasteiger partial charge in [-0.05, 0) is 49.0 Å². The molecule has 21 heavy (non-hydrogen) atoms. The number of carbonyl (C=O) groups is 1. The summed E-state index contributed by atoms with van der Waals surface area (Å²) in [5.41, 5.74) is 2.99. The second-order valence-electron chi connectivity index (χ2n) is 5.76. The molecule has 1 unspecified atom stereocenters. The van der Waals surface area contributed by atoms with E-state index in [2.05, 4.69) is 51.4 Å². The zero-order chi connectivity index (χ0) is 15.1. The van der Waals surface area contributed by atoms with Crippen LogP contribution in [0.5, 0.6) is 0 Å². The molecule has 5 nitrogen and oxygen atoms in total. The van der Waals surface area contributed by atoms with E-state index in [0.29, 0.717) is 0 Å². The van der Waals surface area contributed by atoms with E-state index in [1.807, 2.05) is 6.07 Å². The molecule has 0 saturated carbocycles. The number of benzene rings is 1. The first-order chi connectivity index (χ1) is 9.99. The van der Waals surface area contributed by atoms with Gasteiger partial charge in [0.15, 0.2) is 0 Å². The summed E-state index contributed by atoms with van der Waals surface area (Å²) in [5, 5.41) is 5.99. The number of morpholine rings is 1. The summed E-state index contributed by atoms with van der Waals surface area (Å²) in [6.45, 7) is 5.88. The number of nitrogens with zero attached hydrogens (tertiary/aromatic N) is 1. The summed E-state index contributed by atoms with van der Waals surface area (Å²) in [4.78, 5) is 14.3. The number of hydrogen-bond acceptors (Lipinski definition) is 4. The average Bonchev–Trinajstić information content (AvgIpc) is 2.71. The predicted molar refractivity (Wildman–Crippen MR) is 86.8 cm³/mol. The molecule has 1 aromatic rings. The molecule has 2 N–H and O–H groups in total. The van der Waals surface area contributed by atoms with Gasteiger partial charge < -0.3 is 20.3 Å². The average molecular weight is 354 g/mol. The molecule has 2 aliphatic rings. The highest BCUT2D eigenvalue weighted by molar-refractivity contribution is 9.10. The Balaban J connectivity index is 1.95. The van der Waals surface area contributed by atoms with Crippen molar-refractivity contribution in [3.05, 3.63) is 22.2 Å². The number of rotatable bonds is 2. The minimum absolute atomic E-state index is 0.000244. The molecule has 1 fully saturated rings. The van der Waals surface area contributed by atoms with Gasteiger partial charge >= 0.3 is 0 Å². The topological polar surface area (TPSA) is 53.6 Å². The smallest absolute Gasteiger partial charge is 0.246 e. The van der Waals surface area contributed by atoms with Crippen LogP contribution in [-0.4, -0.2) is 38.3 Å². The molecule has 0 spiro atoms. The van der Waals surface area contributed by atoms with Crippen LogP contribution in [0.25, 0.3) is 0 Å². The predicted octanol–water partition coefficient (Wildman–Crippen LogP) is 2.28. The van der Waals surface area contributed by atoms with Crippen molar-refractivity contribution in [3.63, 3.8) is 0 Å². The maximum atomic E-state index is 11.9. The van der Waals surface area contributed by atoms with Crippen molar-refractivity contribution in [3.8, 4) is 0 Å². The van der Waals surface area contributed by atoms with Crippen LogP contribution >= 0.6 is 15.9 Å². The van der Waals surface area contributed by atoms with Crippen LogP contribution in [0.15, 0.2) is 16.6 Å². The van der Waals surface area contributed by atoms with Crippen molar-refractivity contribution >= 4 is 33.2 Å². The van der Waals surface area contributed by atoms with E-state index in [1.165, 1.54) is 0 Å². The SMILES string of the molecule is CNC1C(=O)Nc2cc(N3C[C@@H](C)O[C@@H](C)C3)c(Br)cc21. The number of amides is 1. The molecule has 1 amide bonds. The first kappa shape index (κ1) is 14.8. The van der Waals surface area contributed by atoms with Crippen LogP contribution in [0.1, 0.15) is 25.5 Å². The van der Waals surface area contributed by atoms with Gasteiger partial charge in [-0.2, -0.15) is 0 Å². The van der Waals surface area contributed by atoms with Crippen LogP contribution in [-0.2, 0) is 9.53 Å². The van der Waals surface area contributed by atoms with Crippen molar-refractivity contribution in [2.24, 2.45) is 0 Å². The zero-order valence-electron chi connectivity index (χ0n) is 12.4. The molecule has 114 valence electrons. The molecule has 0 aliphatic carbocycles. The monoisotopic (exact) mass is 353 g/mol. The number of hydrogen-bond donors (Lipinski definition) is 2. The second kappa shape index (κ2) is 5.59. The second-order valence-corrected chi connectivity index (χ2v) is 6.62. The fourth-order valence-electron chi connectivity index (χ4n) is 3.17. The quantitative estimate of drug-likeness (QED) is 0.856. The number of anilines is 2. The van der Waals surface area contributed by atoms with Crippen LogP contribution in [0.2, 0.25) is 0 Å². The van der Waals surface area contributed by atoms with Gasteiger partial charge in [0.25, 0.3) is 0 Å². The van der Waals surface area contributed by atoms with E-state index < -0.39 is 0 Å². The van der Waals surface area contributed by atoms with Crippen LogP contribution in [0.4, 0.5) is 11.4 Å². The van der Waals surface area contributed by atoms with E-state index in [0.717, 1.165) is 34.5 Å². The molecule has 3 rings (SSSR count). The van der Waals surface area contributed by atoms with Crippen molar-refractivity contribution in [1.82, 2.24) is 5.32 Å². The Bertz CT molecular complexity index is 568. The normalized spacial score (nSPS) is 28.5. The van der Waals surface area contributed by atoms with Gasteiger partial charge in [0.2, 0.25) is 5.91 Å². The lowest BCUT2D eigenvalue weighted by molar-refractivity contribution is -0.117. The van der Waals surface area contributed by atoms with Crippen molar-refractivity contribution in [1.29, 1.82) is 0 Å². The van der Waals surface area contributed by atoms with Gasteiger partial charge in [-0.25, -0.2) is 0 Å². The van der Waals surface area contributed by atoms with Gasteiger partial charge in [-0.15, -0.1) is 0 Å². The summed E-state index contributed by atoms with van der Waals surface area (Å²) in [6, 6.07) is 3.82. The van der Waals surface area contributed by atoms with E-state index in [9.17, 15) is 4.79 Å². The maximum absolute atomic E-state index is 11.9. The third-order valence-electron chi connectivity index (χ3n) is 4.00. The Morgan fingerprint density at radius 2 is 2.00 bits per heavy atom. The first-order valence-electron chi connectivity index (χ1n) is 7.21. The highest BCUT2D eigenvalue weighted by Gasteiger charge is 2.32. The van der Waals surface area contributed by atoms with E-state index in [-0.39, 0.29) is 24.2 Å². The van der Waals surface area contributed by atoms with Crippen LogP contribution in [0, 0.1) is 0 Å². The summed E-state index contributed by atoms with van der Waals surface area (Å²) in [5.74, 6) is 0.000244. The third kappa shape index (κ3) is 2.67. The summed E-state index contributed by atoms with van der Waals surface area (Å²) in [6.07, 6.45) is 0.405. The summed E-state index contributed by atoms with van der Waals surface area (Å²) in [7, 11) is 1.80. The number of carbonyl (C=O) groups excluding carboxylic acids is 1. The Morgan fingerprint density at radius 1 is 1.33 bits per heavy atom. The highest BCUT2D eigenvalue weighted by Crippen LogP contribution is 2.39. The number of halogens is 1. The van der Waals surface area contributed by atoms with Crippen LogP contribution in [0.3, 0.4) is 0 Å². The van der Waals surface area contributed by atoms with Crippen molar-refractivity contribution < 1.29 is 9.53 Å². The lowest BCUT2D eigenvalue weighted by Crippen LogP contribution is -2.45. The molecular formula is C15H20BrN3O2. The summed E-state index contributed by atoms with van der Waals surface area (Å²) < 4.78 is 6.80. The minimum Gasteiger partial charge on any atom is -0.372 e. The van der Waals surface area contributed by atoms with Gasteiger partial charge in [0, 0.05) is 28.8 Å². The number of fused-ring (bicyclic) bond motifs is 1. The molecule has 2 heterocycles. The van der Waals surface area contributed by atoms with Gasteiger partial charge in [-0.3, -0.25) is 4.79 Å². The Kier molecular flexibility index (Phi) is 3.94. The third-order valence-corrected chi connectivity index (χ3v) is 4.63. The number of ether oxygens (including phenoxy) is 1. The molecule has 1 aromatic carbocycles. The van der Waals surface area contributed by atoms with Crippen molar-refractivity contribution in [2.75, 3.05) is 30.4 Å². The molecule has 0 bridgehead atoms. The number of nitrogens with one attached hydrogen (secondary N) is 2. The van der Waals surface area contributed by atoms with Gasteiger partial charge in [0.1, 0.15) is 6.04 Å². The van der Waals surface area contributed by atoms with E-state index in [1.54, 1.807) is 7.05 Å². The standard InChI is InChI=1S/C15H20BrN3O2/c1-8-6-19(7-9(2)21-8)13-5-12-10(4-11(13)16)14(17-3)15(20)18-12/h4-5,8-9,14,17H,6-7H2,1-3H3,(H,18,20)/t8-,9+,14?. The maximum Gasteiger partial charge on any atom is 0.246 e. The molecule has 3 atom stereocenters. The molecule has 0 aromatic heterocycles. The lowest BCUT2D eigenvalue weighted by Gasteiger charge is -2.37. The van der Waals surface area contributed by atoms with E-state index >= 15 is 0 Å². The van der Waals surface area contributed by atoms with Gasteiger partial charge in [-0.1, -0.05) is 0 Å². The van der Waals surface area contributed by atoms with E-state index in [4.69, 9.17) is 4.74 Å². The molecular weight excluding hydrogens is 334 g/mol. The Morgan fingerprint density at radius 3 is 2.62 bits per heavy atom. The number of likely N-dealkylation sites (N-methyl/N-ethyl adjacent to an activating group) is 1. The Labute approximate surface area is 133 Å². The van der Waals surface area contributed by atoms with Crippen molar-refractivity contribution in [2.45, 2.75) is 32.1 Å². The highest BCUT2D eigenvalue weighted by atomic mass is 79.9.